The molecule has 1 heterocycles. The minimum Gasteiger partial charge on any atom is -0.465 e. The van der Waals surface area contributed by atoms with E-state index in [9.17, 15) is 19.2 Å². The Morgan fingerprint density at radius 3 is 2.41 bits per heavy atom. The number of imide groups is 1. The lowest BCUT2D eigenvalue weighted by Gasteiger charge is -2.22. The predicted octanol–water partition coefficient (Wildman–Crippen LogP) is 2.19. The highest BCUT2D eigenvalue weighted by Gasteiger charge is 2.49. The Morgan fingerprint density at radius 2 is 1.76 bits per heavy atom. The van der Waals surface area contributed by atoms with Crippen LogP contribution in [-0.4, -0.2) is 42.4 Å². The van der Waals surface area contributed by atoms with Crippen LogP contribution in [0.15, 0.2) is 48.5 Å². The average Bonchev–Trinajstić information content (AvgIpc) is 2.92. The summed E-state index contributed by atoms with van der Waals surface area (Å²) in [7, 11) is 1.24. The van der Waals surface area contributed by atoms with Gasteiger partial charge < -0.3 is 15.4 Å². The fourth-order valence-electron chi connectivity index (χ4n) is 3.14. The molecule has 8 heteroatoms. The number of rotatable bonds is 5. The first-order valence-corrected chi connectivity index (χ1v) is 8.94. The van der Waals surface area contributed by atoms with E-state index in [1.807, 2.05) is 19.1 Å². The molecule has 1 saturated heterocycles. The molecule has 29 heavy (non-hydrogen) atoms. The number of nitrogens with zero attached hydrogens (tertiary/aromatic N) is 1. The molecule has 1 aliphatic heterocycles. The van der Waals surface area contributed by atoms with Crippen LogP contribution in [0.25, 0.3) is 0 Å². The molecule has 1 fully saturated rings. The van der Waals surface area contributed by atoms with Crippen LogP contribution in [-0.2, 0) is 19.9 Å². The number of amides is 4. The first-order chi connectivity index (χ1) is 13.8. The van der Waals surface area contributed by atoms with Crippen LogP contribution < -0.4 is 10.6 Å². The van der Waals surface area contributed by atoms with Gasteiger partial charge in [-0.25, -0.2) is 9.59 Å². The number of anilines is 1. The number of carbonyl (C=O) groups excluding carboxylic acids is 4. The Morgan fingerprint density at radius 1 is 1.10 bits per heavy atom. The lowest BCUT2D eigenvalue weighted by molar-refractivity contribution is -0.133. The summed E-state index contributed by atoms with van der Waals surface area (Å²) in [6.07, 6.45) is 0. The van der Waals surface area contributed by atoms with Crippen molar-refractivity contribution in [2.75, 3.05) is 19.0 Å². The van der Waals surface area contributed by atoms with E-state index >= 15 is 0 Å². The van der Waals surface area contributed by atoms with E-state index in [2.05, 4.69) is 10.6 Å². The summed E-state index contributed by atoms with van der Waals surface area (Å²) >= 11 is 0. The van der Waals surface area contributed by atoms with Gasteiger partial charge in [0.05, 0.1) is 18.4 Å². The zero-order valence-corrected chi connectivity index (χ0v) is 16.3. The molecule has 3 rings (SSSR count). The lowest BCUT2D eigenvalue weighted by atomic mass is 9.91. The number of methoxy groups -OCH3 is 1. The van der Waals surface area contributed by atoms with Crippen molar-refractivity contribution in [1.82, 2.24) is 10.2 Å². The van der Waals surface area contributed by atoms with Gasteiger partial charge in [-0.05, 0) is 31.5 Å². The molecule has 150 valence electrons. The quantitative estimate of drug-likeness (QED) is 0.596. The first kappa shape index (κ1) is 20.1. The highest BCUT2D eigenvalue weighted by atomic mass is 16.5. The molecular weight excluding hydrogens is 374 g/mol. The summed E-state index contributed by atoms with van der Waals surface area (Å²) in [6.45, 7) is 3.04. The number of ether oxygens (including phenoxy) is 1. The van der Waals surface area contributed by atoms with Crippen LogP contribution in [0, 0.1) is 6.92 Å². The van der Waals surface area contributed by atoms with Gasteiger partial charge in [0, 0.05) is 0 Å². The number of nitrogens with one attached hydrogen (secondary N) is 2. The number of urea groups is 1. The second-order valence-electron chi connectivity index (χ2n) is 6.90. The zero-order valence-electron chi connectivity index (χ0n) is 16.3. The highest BCUT2D eigenvalue weighted by molar-refractivity contribution is 6.10. The van der Waals surface area contributed by atoms with Crippen LogP contribution in [0.5, 0.6) is 0 Å². The van der Waals surface area contributed by atoms with Gasteiger partial charge >= 0.3 is 12.0 Å². The molecule has 2 aromatic rings. The molecule has 0 radical (unpaired) electrons. The monoisotopic (exact) mass is 395 g/mol. The Labute approximate surface area is 167 Å². The van der Waals surface area contributed by atoms with Crippen LogP contribution in [0.2, 0.25) is 0 Å². The van der Waals surface area contributed by atoms with Gasteiger partial charge in [-0.1, -0.05) is 42.0 Å². The van der Waals surface area contributed by atoms with Crippen LogP contribution in [0.1, 0.15) is 28.4 Å². The smallest absolute Gasteiger partial charge is 0.339 e. The third-order valence-electron chi connectivity index (χ3n) is 4.81. The molecular formula is C21H21N3O5. The van der Waals surface area contributed by atoms with Crippen molar-refractivity contribution >= 4 is 29.5 Å². The molecule has 2 aromatic carbocycles. The molecule has 8 nitrogen and oxygen atoms in total. The third-order valence-corrected chi connectivity index (χ3v) is 4.81. The second-order valence-corrected chi connectivity index (χ2v) is 6.90. The van der Waals surface area contributed by atoms with E-state index < -0.39 is 35.9 Å². The zero-order chi connectivity index (χ0) is 21.2. The van der Waals surface area contributed by atoms with E-state index in [1.165, 1.54) is 19.2 Å². The van der Waals surface area contributed by atoms with Crippen molar-refractivity contribution in [3.05, 3.63) is 65.2 Å². The summed E-state index contributed by atoms with van der Waals surface area (Å²) in [5.41, 5.74) is 0.799. The van der Waals surface area contributed by atoms with Gasteiger partial charge in [-0.3, -0.25) is 14.5 Å². The standard InChI is InChI=1S/C21H21N3O5/c1-13-8-10-14(11-9-13)21(2)19(27)24(20(28)23-21)12-17(25)22-16-7-5-4-6-15(16)18(26)29-3/h4-11H,12H2,1-3H3,(H,22,25)(H,23,28)/t21-/m0/s1. The fraction of sp³-hybridized carbons (Fsp3) is 0.238. The van der Waals surface area contributed by atoms with Crippen molar-refractivity contribution in [1.29, 1.82) is 0 Å². The summed E-state index contributed by atoms with van der Waals surface area (Å²) in [5, 5.41) is 5.21. The van der Waals surface area contributed by atoms with Gasteiger partial charge in [0.25, 0.3) is 5.91 Å². The fourth-order valence-corrected chi connectivity index (χ4v) is 3.14. The SMILES string of the molecule is COC(=O)c1ccccc1NC(=O)CN1C(=O)N[C@@](C)(c2ccc(C)cc2)C1=O. The van der Waals surface area contributed by atoms with Crippen molar-refractivity contribution < 1.29 is 23.9 Å². The number of hydrogen-bond donors (Lipinski definition) is 2. The summed E-state index contributed by atoms with van der Waals surface area (Å²) < 4.78 is 4.69. The number of aryl methyl sites for hydroxylation is 1. The summed E-state index contributed by atoms with van der Waals surface area (Å²) in [4.78, 5) is 50.5. The highest BCUT2D eigenvalue weighted by Crippen LogP contribution is 2.29. The largest absolute Gasteiger partial charge is 0.465 e. The lowest BCUT2D eigenvalue weighted by Crippen LogP contribution is -2.42. The Balaban J connectivity index is 1.76. The van der Waals surface area contributed by atoms with Crippen molar-refractivity contribution in [3.8, 4) is 0 Å². The molecule has 0 bridgehead atoms. The number of benzene rings is 2. The maximum Gasteiger partial charge on any atom is 0.339 e. The molecule has 0 spiro atoms. The predicted molar refractivity (Wildman–Crippen MR) is 105 cm³/mol. The van der Waals surface area contributed by atoms with E-state index in [1.54, 1.807) is 31.2 Å². The summed E-state index contributed by atoms with van der Waals surface area (Å²) in [6, 6.07) is 12.9. The number of para-hydroxylation sites is 1. The van der Waals surface area contributed by atoms with Crippen molar-refractivity contribution in [2.45, 2.75) is 19.4 Å². The first-order valence-electron chi connectivity index (χ1n) is 8.94. The minimum absolute atomic E-state index is 0.171. The van der Waals surface area contributed by atoms with E-state index in [0.29, 0.717) is 5.56 Å². The molecule has 0 unspecified atom stereocenters. The van der Waals surface area contributed by atoms with Gasteiger partial charge in [0.1, 0.15) is 12.1 Å². The Kier molecular flexibility index (Phi) is 5.36. The molecule has 4 amide bonds. The van der Waals surface area contributed by atoms with Gasteiger partial charge in [-0.2, -0.15) is 0 Å². The Hall–Kier alpha value is -3.68. The number of carbonyl (C=O) groups is 4. The maximum absolute atomic E-state index is 12.9. The van der Waals surface area contributed by atoms with E-state index in [-0.39, 0.29) is 11.3 Å². The van der Waals surface area contributed by atoms with Gasteiger partial charge in [0.15, 0.2) is 0 Å². The van der Waals surface area contributed by atoms with Crippen LogP contribution in [0.4, 0.5) is 10.5 Å². The topological polar surface area (TPSA) is 105 Å². The van der Waals surface area contributed by atoms with Crippen molar-refractivity contribution in [3.63, 3.8) is 0 Å². The minimum atomic E-state index is -1.25. The van der Waals surface area contributed by atoms with Gasteiger partial charge in [0.2, 0.25) is 5.91 Å². The van der Waals surface area contributed by atoms with E-state index in [4.69, 9.17) is 4.74 Å². The molecule has 0 aromatic heterocycles. The second kappa shape index (κ2) is 7.75. The van der Waals surface area contributed by atoms with Gasteiger partial charge in [-0.15, -0.1) is 0 Å². The Bertz CT molecular complexity index is 986. The van der Waals surface area contributed by atoms with Crippen LogP contribution >= 0.6 is 0 Å². The average molecular weight is 395 g/mol. The van der Waals surface area contributed by atoms with Crippen molar-refractivity contribution in [2.24, 2.45) is 0 Å². The number of esters is 1. The molecule has 2 N–H and O–H groups in total. The third kappa shape index (κ3) is 3.82. The maximum atomic E-state index is 12.9. The molecule has 0 saturated carbocycles. The molecule has 0 aliphatic carbocycles. The van der Waals surface area contributed by atoms with Crippen LogP contribution in [0.3, 0.4) is 0 Å². The number of hydrogen-bond acceptors (Lipinski definition) is 5. The molecule has 1 aliphatic rings. The summed E-state index contributed by atoms with van der Waals surface area (Å²) in [5.74, 6) is -1.75. The van der Waals surface area contributed by atoms with E-state index in [0.717, 1.165) is 10.5 Å². The molecule has 1 atom stereocenters. The normalized spacial score (nSPS) is 18.4.